The largest absolute Gasteiger partial charge is 0.370 e. The maximum atomic E-state index is 4.40. The summed E-state index contributed by atoms with van der Waals surface area (Å²) in [7, 11) is 0. The van der Waals surface area contributed by atoms with Crippen LogP contribution in [0.1, 0.15) is 13.3 Å². The summed E-state index contributed by atoms with van der Waals surface area (Å²) < 4.78 is 0. The molecule has 1 fully saturated rings. The molecule has 1 aliphatic heterocycles. The van der Waals surface area contributed by atoms with E-state index in [0.29, 0.717) is 0 Å². The number of rotatable bonds is 5. The lowest BCUT2D eigenvalue weighted by atomic mass is 10.3. The molecule has 0 atom stereocenters. The fourth-order valence-electron chi connectivity index (χ4n) is 2.37. The van der Waals surface area contributed by atoms with E-state index in [-0.39, 0.29) is 0 Å². The Hall–Kier alpha value is -1.89. The van der Waals surface area contributed by atoms with E-state index in [9.17, 15) is 0 Å². The van der Waals surface area contributed by atoms with Crippen molar-refractivity contribution >= 4 is 28.1 Å². The van der Waals surface area contributed by atoms with Crippen molar-refractivity contribution in [1.82, 2.24) is 15.0 Å². The van der Waals surface area contributed by atoms with Crippen molar-refractivity contribution in [3.8, 4) is 0 Å². The Morgan fingerprint density at radius 1 is 1.14 bits per heavy atom. The third kappa shape index (κ3) is 3.41. The molecule has 1 N–H and O–H groups in total. The predicted molar refractivity (Wildman–Crippen MR) is 87.4 cm³/mol. The second-order valence-corrected chi connectivity index (χ2v) is 5.85. The van der Waals surface area contributed by atoms with Crippen LogP contribution in [-0.4, -0.2) is 47.7 Å². The molecule has 0 aromatic carbocycles. The zero-order valence-electron chi connectivity index (χ0n) is 12.2. The van der Waals surface area contributed by atoms with Gasteiger partial charge in [0.2, 0.25) is 0 Å². The van der Waals surface area contributed by atoms with Gasteiger partial charge >= 0.3 is 0 Å². The van der Waals surface area contributed by atoms with Crippen molar-refractivity contribution in [3.05, 3.63) is 24.0 Å². The van der Waals surface area contributed by atoms with E-state index in [0.717, 1.165) is 55.9 Å². The molecule has 21 heavy (non-hydrogen) atoms. The summed E-state index contributed by atoms with van der Waals surface area (Å²) in [4.78, 5) is 17.7. The zero-order valence-corrected chi connectivity index (χ0v) is 13.0. The summed E-state index contributed by atoms with van der Waals surface area (Å²) in [6.07, 6.45) is 4.59. The van der Waals surface area contributed by atoms with Gasteiger partial charge in [-0.2, -0.15) is 0 Å². The number of piperazine rings is 1. The maximum absolute atomic E-state index is 4.40. The van der Waals surface area contributed by atoms with Crippen LogP contribution in [0.2, 0.25) is 0 Å². The SMILES string of the molecule is CCCNc1cc(N2CCN(c3nccs3)CC2)ncn1. The Bertz CT molecular complexity index is 550. The third-order valence-electron chi connectivity index (χ3n) is 3.50. The topological polar surface area (TPSA) is 57.2 Å². The average Bonchev–Trinajstić information content (AvgIpc) is 3.08. The maximum Gasteiger partial charge on any atom is 0.185 e. The minimum Gasteiger partial charge on any atom is -0.370 e. The van der Waals surface area contributed by atoms with Crippen molar-refractivity contribution in [2.75, 3.05) is 47.8 Å². The lowest BCUT2D eigenvalue weighted by molar-refractivity contribution is 0.645. The second-order valence-electron chi connectivity index (χ2n) is 4.98. The smallest absolute Gasteiger partial charge is 0.185 e. The van der Waals surface area contributed by atoms with Gasteiger partial charge in [-0.25, -0.2) is 15.0 Å². The number of nitrogens with zero attached hydrogens (tertiary/aromatic N) is 5. The highest BCUT2D eigenvalue weighted by molar-refractivity contribution is 7.13. The van der Waals surface area contributed by atoms with Crippen LogP contribution >= 0.6 is 11.3 Å². The first kappa shape index (κ1) is 14.1. The molecule has 0 unspecified atom stereocenters. The van der Waals surface area contributed by atoms with E-state index >= 15 is 0 Å². The molecule has 2 aromatic rings. The van der Waals surface area contributed by atoms with Crippen LogP contribution < -0.4 is 15.1 Å². The molecule has 6 nitrogen and oxygen atoms in total. The first-order chi connectivity index (χ1) is 10.4. The molecule has 1 saturated heterocycles. The van der Waals surface area contributed by atoms with Crippen molar-refractivity contribution < 1.29 is 0 Å². The molecule has 0 spiro atoms. The Balaban J connectivity index is 1.61. The minimum absolute atomic E-state index is 0.907. The van der Waals surface area contributed by atoms with E-state index in [1.165, 1.54) is 0 Å². The van der Waals surface area contributed by atoms with Crippen LogP contribution in [0.25, 0.3) is 0 Å². The predicted octanol–water partition coefficient (Wildman–Crippen LogP) is 2.08. The lowest BCUT2D eigenvalue weighted by Gasteiger charge is -2.35. The Morgan fingerprint density at radius 3 is 2.67 bits per heavy atom. The Kier molecular flexibility index (Phi) is 4.49. The van der Waals surface area contributed by atoms with Gasteiger partial charge in [-0.05, 0) is 6.42 Å². The molecule has 0 saturated carbocycles. The normalized spacial score (nSPS) is 15.3. The first-order valence-electron chi connectivity index (χ1n) is 7.32. The molecule has 112 valence electrons. The summed E-state index contributed by atoms with van der Waals surface area (Å²) in [6.45, 7) is 6.97. The van der Waals surface area contributed by atoms with Gasteiger partial charge in [-0.15, -0.1) is 11.3 Å². The van der Waals surface area contributed by atoms with Crippen LogP contribution in [0, 0.1) is 0 Å². The Labute approximate surface area is 128 Å². The quantitative estimate of drug-likeness (QED) is 0.913. The lowest BCUT2D eigenvalue weighted by Crippen LogP contribution is -2.46. The summed E-state index contributed by atoms with van der Waals surface area (Å²) in [5, 5.41) is 6.45. The third-order valence-corrected chi connectivity index (χ3v) is 4.33. The van der Waals surface area contributed by atoms with Gasteiger partial charge in [0.1, 0.15) is 18.0 Å². The molecule has 0 radical (unpaired) electrons. The number of hydrogen-bond acceptors (Lipinski definition) is 7. The van der Waals surface area contributed by atoms with Gasteiger partial charge < -0.3 is 15.1 Å². The summed E-state index contributed by atoms with van der Waals surface area (Å²) in [5.41, 5.74) is 0. The van der Waals surface area contributed by atoms with Crippen LogP contribution in [0.3, 0.4) is 0 Å². The van der Waals surface area contributed by atoms with Crippen LogP contribution in [0.5, 0.6) is 0 Å². The average molecular weight is 304 g/mol. The van der Waals surface area contributed by atoms with Crippen molar-refractivity contribution in [2.24, 2.45) is 0 Å². The summed E-state index contributed by atoms with van der Waals surface area (Å²) in [5.74, 6) is 1.91. The molecule has 2 aromatic heterocycles. The standard InChI is InChI=1S/C14H20N6S/c1-2-3-15-12-10-13(18-11-17-12)19-5-7-20(8-6-19)14-16-4-9-21-14/h4,9-11H,2-3,5-8H2,1H3,(H,15,17,18). The Morgan fingerprint density at radius 2 is 1.95 bits per heavy atom. The number of hydrogen-bond donors (Lipinski definition) is 1. The number of anilines is 3. The molecule has 0 amide bonds. The van der Waals surface area contributed by atoms with Gasteiger partial charge in [0, 0.05) is 50.4 Å². The second kappa shape index (κ2) is 6.71. The monoisotopic (exact) mass is 304 g/mol. The van der Waals surface area contributed by atoms with E-state index < -0.39 is 0 Å². The van der Waals surface area contributed by atoms with E-state index in [2.05, 4.69) is 37.0 Å². The zero-order chi connectivity index (χ0) is 14.5. The van der Waals surface area contributed by atoms with E-state index in [1.54, 1.807) is 17.7 Å². The van der Waals surface area contributed by atoms with E-state index in [4.69, 9.17) is 0 Å². The highest BCUT2D eigenvalue weighted by Gasteiger charge is 2.19. The number of nitrogens with one attached hydrogen (secondary N) is 1. The van der Waals surface area contributed by atoms with Crippen molar-refractivity contribution in [2.45, 2.75) is 13.3 Å². The number of aromatic nitrogens is 3. The molecule has 3 rings (SSSR count). The van der Waals surface area contributed by atoms with Gasteiger partial charge in [-0.3, -0.25) is 0 Å². The summed E-state index contributed by atoms with van der Waals surface area (Å²) >= 11 is 1.70. The van der Waals surface area contributed by atoms with Gasteiger partial charge in [0.05, 0.1) is 0 Å². The summed E-state index contributed by atoms with van der Waals surface area (Å²) in [6, 6.07) is 2.04. The van der Waals surface area contributed by atoms with Crippen LogP contribution in [0.15, 0.2) is 24.0 Å². The van der Waals surface area contributed by atoms with Crippen LogP contribution in [-0.2, 0) is 0 Å². The highest BCUT2D eigenvalue weighted by atomic mass is 32.1. The number of thiazole rings is 1. The fourth-order valence-corrected chi connectivity index (χ4v) is 3.07. The van der Waals surface area contributed by atoms with Crippen molar-refractivity contribution in [1.29, 1.82) is 0 Å². The molecule has 3 heterocycles. The molecule has 7 heteroatoms. The highest BCUT2D eigenvalue weighted by Crippen LogP contribution is 2.21. The van der Waals surface area contributed by atoms with Gasteiger partial charge in [0.15, 0.2) is 5.13 Å². The molecule has 0 aliphatic carbocycles. The molecular weight excluding hydrogens is 284 g/mol. The first-order valence-corrected chi connectivity index (χ1v) is 8.20. The molecule has 1 aliphatic rings. The van der Waals surface area contributed by atoms with Crippen LogP contribution in [0.4, 0.5) is 16.8 Å². The fraction of sp³-hybridized carbons (Fsp3) is 0.500. The van der Waals surface area contributed by atoms with Gasteiger partial charge in [0.25, 0.3) is 0 Å². The van der Waals surface area contributed by atoms with E-state index in [1.807, 2.05) is 17.6 Å². The molecule has 0 bridgehead atoms. The van der Waals surface area contributed by atoms with Gasteiger partial charge in [-0.1, -0.05) is 6.92 Å². The minimum atomic E-state index is 0.907. The molecular formula is C14H20N6S. The van der Waals surface area contributed by atoms with Crippen molar-refractivity contribution in [3.63, 3.8) is 0 Å².